The highest BCUT2D eigenvalue weighted by Crippen LogP contribution is 2.31. The maximum atomic E-state index is 12.7. The van der Waals surface area contributed by atoms with Gasteiger partial charge in [-0.1, -0.05) is 0 Å². The van der Waals surface area contributed by atoms with E-state index >= 15 is 0 Å². The van der Waals surface area contributed by atoms with Crippen LogP contribution in [0.2, 0.25) is 0 Å². The summed E-state index contributed by atoms with van der Waals surface area (Å²) in [5.41, 5.74) is 0.592. The van der Waals surface area contributed by atoms with Gasteiger partial charge in [-0.25, -0.2) is 8.42 Å². The fourth-order valence-electron chi connectivity index (χ4n) is 2.52. The molecule has 134 valence electrons. The van der Waals surface area contributed by atoms with Crippen LogP contribution >= 0.6 is 11.3 Å². The number of hydrogen-bond donors (Lipinski definition) is 0. The number of methoxy groups -OCH3 is 1. The molecular weight excluding hydrogens is 360 g/mol. The molecule has 25 heavy (non-hydrogen) atoms. The second kappa shape index (κ2) is 7.65. The smallest absolute Gasteiger partial charge is 0.243 e. The molecule has 1 aliphatic heterocycles. The number of aliphatic imine (C=N–C) groups is 1. The first-order valence-electron chi connectivity index (χ1n) is 7.87. The van der Waals surface area contributed by atoms with Crippen LogP contribution in [-0.2, 0) is 14.8 Å². The van der Waals surface area contributed by atoms with Gasteiger partial charge in [-0.05, 0) is 31.2 Å². The molecule has 1 aliphatic rings. The summed E-state index contributed by atoms with van der Waals surface area (Å²) in [6.45, 7) is 3.59. The fraction of sp³-hybridized carbons (Fsp3) is 0.353. The first-order valence-corrected chi connectivity index (χ1v) is 10.1. The largest absolute Gasteiger partial charge is 0.494 e. The highest BCUT2D eigenvalue weighted by molar-refractivity contribution is 7.89. The van der Waals surface area contributed by atoms with Crippen molar-refractivity contribution in [3.05, 3.63) is 40.1 Å². The van der Waals surface area contributed by atoms with Gasteiger partial charge in [0.15, 0.2) is 0 Å². The van der Waals surface area contributed by atoms with E-state index in [2.05, 4.69) is 4.99 Å². The standard InChI is InChI=1S/C17H20N2O4S2/c1-13-3-4-14(24-13)12-18-16-6-5-15(11-17(16)22-2)25(20,21)19-7-9-23-10-8-19/h3-6,11-12H,7-10H2,1-2H3. The molecule has 1 aromatic heterocycles. The van der Waals surface area contributed by atoms with E-state index in [0.29, 0.717) is 37.7 Å². The molecule has 1 fully saturated rings. The van der Waals surface area contributed by atoms with Crippen LogP contribution in [-0.4, -0.2) is 52.4 Å². The van der Waals surface area contributed by atoms with E-state index in [1.165, 1.54) is 22.4 Å². The number of nitrogens with zero attached hydrogens (tertiary/aromatic N) is 2. The molecule has 8 heteroatoms. The lowest BCUT2D eigenvalue weighted by Crippen LogP contribution is -2.40. The Labute approximate surface area is 151 Å². The molecule has 1 saturated heterocycles. The van der Waals surface area contributed by atoms with Crippen molar-refractivity contribution in [3.63, 3.8) is 0 Å². The lowest BCUT2D eigenvalue weighted by molar-refractivity contribution is 0.0730. The average Bonchev–Trinajstić information content (AvgIpc) is 3.05. The van der Waals surface area contributed by atoms with Crippen LogP contribution in [0.5, 0.6) is 5.75 Å². The van der Waals surface area contributed by atoms with Crippen LogP contribution in [0.3, 0.4) is 0 Å². The summed E-state index contributed by atoms with van der Waals surface area (Å²) in [6, 6.07) is 8.79. The predicted octanol–water partition coefficient (Wildman–Crippen LogP) is 2.84. The molecule has 0 aliphatic carbocycles. The number of benzene rings is 1. The van der Waals surface area contributed by atoms with Crippen molar-refractivity contribution in [2.45, 2.75) is 11.8 Å². The molecule has 2 heterocycles. The van der Waals surface area contributed by atoms with E-state index in [9.17, 15) is 8.42 Å². The van der Waals surface area contributed by atoms with Crippen molar-refractivity contribution in [1.29, 1.82) is 0 Å². The molecule has 0 unspecified atom stereocenters. The maximum absolute atomic E-state index is 12.7. The summed E-state index contributed by atoms with van der Waals surface area (Å²) >= 11 is 1.64. The van der Waals surface area contributed by atoms with Crippen LogP contribution in [0.15, 0.2) is 40.2 Å². The highest BCUT2D eigenvalue weighted by Gasteiger charge is 2.27. The van der Waals surface area contributed by atoms with Crippen molar-refractivity contribution in [1.82, 2.24) is 4.31 Å². The Kier molecular flexibility index (Phi) is 5.53. The van der Waals surface area contributed by atoms with Gasteiger partial charge in [-0.2, -0.15) is 4.31 Å². The van der Waals surface area contributed by atoms with E-state index in [1.54, 1.807) is 29.7 Å². The number of sulfonamides is 1. The van der Waals surface area contributed by atoms with Gasteiger partial charge in [0.1, 0.15) is 11.4 Å². The monoisotopic (exact) mass is 380 g/mol. The van der Waals surface area contributed by atoms with Crippen molar-refractivity contribution in [2.24, 2.45) is 4.99 Å². The quantitative estimate of drug-likeness (QED) is 0.748. The molecule has 0 N–H and O–H groups in total. The number of rotatable bonds is 5. The Morgan fingerprint density at radius 3 is 2.64 bits per heavy atom. The van der Waals surface area contributed by atoms with E-state index in [1.807, 2.05) is 19.1 Å². The zero-order valence-electron chi connectivity index (χ0n) is 14.1. The third-order valence-electron chi connectivity index (χ3n) is 3.85. The molecule has 6 nitrogen and oxygen atoms in total. The number of thiophene rings is 1. The van der Waals surface area contributed by atoms with Gasteiger partial charge in [0.05, 0.1) is 25.2 Å². The molecule has 1 aromatic carbocycles. The Balaban J connectivity index is 1.87. The minimum absolute atomic E-state index is 0.206. The van der Waals surface area contributed by atoms with Crippen molar-refractivity contribution >= 4 is 33.3 Å². The SMILES string of the molecule is COc1cc(S(=O)(=O)N2CCOCC2)ccc1N=Cc1ccc(C)s1. The fourth-order valence-corrected chi connectivity index (χ4v) is 4.69. The lowest BCUT2D eigenvalue weighted by atomic mass is 10.3. The molecular formula is C17H20N2O4S2. The first-order chi connectivity index (χ1) is 12.0. The van der Waals surface area contributed by atoms with Crippen LogP contribution in [0.25, 0.3) is 0 Å². The predicted molar refractivity (Wildman–Crippen MR) is 98.9 cm³/mol. The molecule has 0 saturated carbocycles. The minimum atomic E-state index is -3.55. The first kappa shape index (κ1) is 18.1. The topological polar surface area (TPSA) is 68.2 Å². The van der Waals surface area contributed by atoms with Crippen LogP contribution in [0.1, 0.15) is 9.75 Å². The van der Waals surface area contributed by atoms with Gasteiger partial charge < -0.3 is 9.47 Å². The lowest BCUT2D eigenvalue weighted by Gasteiger charge is -2.26. The highest BCUT2D eigenvalue weighted by atomic mass is 32.2. The van der Waals surface area contributed by atoms with Crippen molar-refractivity contribution in [2.75, 3.05) is 33.4 Å². The second-order valence-corrected chi connectivity index (χ2v) is 8.81. The Bertz CT molecular complexity index is 869. The second-order valence-electron chi connectivity index (χ2n) is 5.56. The molecule has 0 spiro atoms. The van der Waals surface area contributed by atoms with Crippen LogP contribution in [0, 0.1) is 6.92 Å². The Morgan fingerprint density at radius 2 is 2.00 bits per heavy atom. The maximum Gasteiger partial charge on any atom is 0.243 e. The van der Waals surface area contributed by atoms with Gasteiger partial charge in [0.2, 0.25) is 10.0 Å². The van der Waals surface area contributed by atoms with Crippen LogP contribution < -0.4 is 4.74 Å². The Hall–Kier alpha value is -1.74. The summed E-state index contributed by atoms with van der Waals surface area (Å²) in [5, 5.41) is 0. The third kappa shape index (κ3) is 4.09. The third-order valence-corrected chi connectivity index (χ3v) is 6.68. The van der Waals surface area contributed by atoms with E-state index in [-0.39, 0.29) is 4.90 Å². The molecule has 0 atom stereocenters. The zero-order valence-corrected chi connectivity index (χ0v) is 15.8. The van der Waals surface area contributed by atoms with Gasteiger partial charge in [0, 0.05) is 35.1 Å². The average molecular weight is 380 g/mol. The van der Waals surface area contributed by atoms with Gasteiger partial charge in [-0.3, -0.25) is 4.99 Å². The summed E-state index contributed by atoms with van der Waals surface area (Å²) < 4.78 is 37.5. The van der Waals surface area contributed by atoms with Gasteiger partial charge in [-0.15, -0.1) is 11.3 Å². The molecule has 3 rings (SSSR count). The zero-order chi connectivity index (χ0) is 17.9. The minimum Gasteiger partial charge on any atom is -0.494 e. The molecule has 0 bridgehead atoms. The number of ether oxygens (including phenoxy) is 2. The summed E-state index contributed by atoms with van der Waals surface area (Å²) in [5.74, 6) is 0.430. The van der Waals surface area contributed by atoms with Crippen LogP contribution in [0.4, 0.5) is 5.69 Å². The number of hydrogen-bond acceptors (Lipinski definition) is 6. The van der Waals surface area contributed by atoms with E-state index in [0.717, 1.165) is 4.88 Å². The number of aryl methyl sites for hydroxylation is 1. The van der Waals surface area contributed by atoms with E-state index < -0.39 is 10.0 Å². The Morgan fingerprint density at radius 1 is 1.24 bits per heavy atom. The van der Waals surface area contributed by atoms with Gasteiger partial charge in [0.25, 0.3) is 0 Å². The summed E-state index contributed by atoms with van der Waals surface area (Å²) in [4.78, 5) is 6.87. The number of morpholine rings is 1. The molecule has 0 amide bonds. The molecule has 2 aromatic rings. The molecule has 0 radical (unpaired) electrons. The van der Waals surface area contributed by atoms with Crippen molar-refractivity contribution in [3.8, 4) is 5.75 Å². The van der Waals surface area contributed by atoms with Crippen molar-refractivity contribution < 1.29 is 17.9 Å². The van der Waals surface area contributed by atoms with E-state index in [4.69, 9.17) is 9.47 Å². The summed E-state index contributed by atoms with van der Waals surface area (Å²) in [7, 11) is -2.04. The normalized spacial score (nSPS) is 16.4. The summed E-state index contributed by atoms with van der Waals surface area (Å²) in [6.07, 6.45) is 1.76. The van der Waals surface area contributed by atoms with Gasteiger partial charge >= 0.3 is 0 Å².